The Morgan fingerprint density at radius 3 is 2.41 bits per heavy atom. The molecule has 6 rings (SSSR count). The second-order valence-corrected chi connectivity index (χ2v) is 10.7. The summed E-state index contributed by atoms with van der Waals surface area (Å²) >= 11 is 9.33. The van der Waals surface area contributed by atoms with Gasteiger partial charge in [0.2, 0.25) is 4.80 Å². The van der Waals surface area contributed by atoms with Crippen LogP contribution in [-0.4, -0.2) is 27.8 Å². The molecule has 0 unspecified atom stereocenters. The van der Waals surface area contributed by atoms with Crippen molar-refractivity contribution >= 4 is 46.2 Å². The molecule has 192 valence electrons. The number of thiophene rings is 1. The number of nitrogens with zero attached hydrogens (tertiary/aromatic N) is 5. The quantitative estimate of drug-likeness (QED) is 0.184. The molecule has 9 heteroatoms. The summed E-state index contributed by atoms with van der Waals surface area (Å²) in [5, 5.41) is 14.6. The third kappa shape index (κ3) is 5.49. The van der Waals surface area contributed by atoms with Gasteiger partial charge in [-0.1, -0.05) is 48.0 Å². The number of methoxy groups -OCH3 is 1. The smallest absolute Gasteiger partial charge is 0.211 e. The zero-order valence-corrected chi connectivity index (χ0v) is 23.2. The van der Waals surface area contributed by atoms with Crippen molar-refractivity contribution in [2.75, 3.05) is 7.11 Å². The van der Waals surface area contributed by atoms with Gasteiger partial charge >= 0.3 is 0 Å². The number of aromatic nitrogens is 3. The number of para-hydroxylation sites is 1. The Labute approximate surface area is 238 Å². The minimum absolute atomic E-state index is 0.682. The zero-order valence-electron chi connectivity index (χ0n) is 20.8. The molecule has 0 bridgehead atoms. The Bertz CT molecular complexity index is 1780. The Balaban J connectivity index is 1.47. The van der Waals surface area contributed by atoms with Crippen LogP contribution in [0.4, 0.5) is 5.69 Å². The van der Waals surface area contributed by atoms with Crippen LogP contribution in [0.15, 0.2) is 118 Å². The fraction of sp³-hybridized carbons (Fsp3) is 0.0333. The lowest BCUT2D eigenvalue weighted by Crippen LogP contribution is -2.11. The third-order valence-corrected chi connectivity index (χ3v) is 7.90. The van der Waals surface area contributed by atoms with E-state index in [-0.39, 0.29) is 0 Å². The fourth-order valence-electron chi connectivity index (χ4n) is 3.99. The molecule has 0 radical (unpaired) electrons. The van der Waals surface area contributed by atoms with Crippen molar-refractivity contribution < 1.29 is 4.74 Å². The summed E-state index contributed by atoms with van der Waals surface area (Å²) < 4.78 is 9.04. The molecule has 0 aliphatic heterocycles. The highest BCUT2D eigenvalue weighted by molar-refractivity contribution is 7.13. The normalized spacial score (nSPS) is 11.9. The van der Waals surface area contributed by atoms with Crippen LogP contribution in [0.2, 0.25) is 5.02 Å². The highest BCUT2D eigenvalue weighted by Gasteiger charge is 2.13. The highest BCUT2D eigenvalue weighted by Crippen LogP contribution is 2.28. The first-order valence-electron chi connectivity index (χ1n) is 12.1. The molecular weight excluding hydrogens is 546 g/mol. The molecule has 39 heavy (non-hydrogen) atoms. The van der Waals surface area contributed by atoms with Crippen LogP contribution in [0.1, 0.15) is 5.56 Å². The van der Waals surface area contributed by atoms with Gasteiger partial charge in [0, 0.05) is 27.7 Å². The van der Waals surface area contributed by atoms with Gasteiger partial charge < -0.3 is 4.74 Å². The molecule has 0 spiro atoms. The minimum Gasteiger partial charge on any atom is -0.497 e. The first kappa shape index (κ1) is 25.1. The summed E-state index contributed by atoms with van der Waals surface area (Å²) in [6.07, 6.45) is 3.85. The molecule has 0 aliphatic carbocycles. The summed E-state index contributed by atoms with van der Waals surface area (Å²) in [4.78, 5) is 6.69. The van der Waals surface area contributed by atoms with Gasteiger partial charge in [-0.15, -0.1) is 22.7 Å². The molecule has 6 aromatic rings. The molecule has 3 aromatic heterocycles. The van der Waals surface area contributed by atoms with Gasteiger partial charge in [0.1, 0.15) is 11.4 Å². The maximum Gasteiger partial charge on any atom is 0.211 e. The number of rotatable bonds is 7. The van der Waals surface area contributed by atoms with Crippen molar-refractivity contribution in [2.24, 2.45) is 10.1 Å². The van der Waals surface area contributed by atoms with Gasteiger partial charge in [0.15, 0.2) is 0 Å². The summed E-state index contributed by atoms with van der Waals surface area (Å²) in [5.41, 5.74) is 5.46. The van der Waals surface area contributed by atoms with E-state index in [0.29, 0.717) is 5.02 Å². The molecule has 3 heterocycles. The highest BCUT2D eigenvalue weighted by atomic mass is 35.5. The van der Waals surface area contributed by atoms with Gasteiger partial charge in [-0.2, -0.15) is 10.2 Å². The second kappa shape index (κ2) is 11.2. The summed E-state index contributed by atoms with van der Waals surface area (Å²) in [5.74, 6) is 0.782. The Morgan fingerprint density at radius 1 is 0.897 bits per heavy atom. The molecule has 0 saturated heterocycles. The summed E-state index contributed by atoms with van der Waals surface area (Å²) in [7, 11) is 1.65. The van der Waals surface area contributed by atoms with E-state index in [0.717, 1.165) is 49.3 Å². The van der Waals surface area contributed by atoms with Crippen LogP contribution in [0.5, 0.6) is 5.75 Å². The number of hydrogen-bond acceptors (Lipinski definition) is 6. The standard InChI is InChI=1S/C30H22ClN5OS2/c1-37-26-15-13-24(14-16-26)33-30-36(27(20-39-30)21-9-11-23(31)12-10-21)32-18-22-19-35(25-6-3-2-4-7-25)34-29(22)28-8-5-17-38-28/h2-20H,1H3/b32-18-,33-30?. The van der Waals surface area contributed by atoms with E-state index < -0.39 is 0 Å². The maximum atomic E-state index is 6.17. The molecule has 0 saturated carbocycles. The maximum absolute atomic E-state index is 6.17. The summed E-state index contributed by atoms with van der Waals surface area (Å²) in [6.45, 7) is 0. The first-order valence-corrected chi connectivity index (χ1v) is 14.2. The molecule has 3 aromatic carbocycles. The first-order chi connectivity index (χ1) is 19.2. The van der Waals surface area contributed by atoms with E-state index in [1.165, 1.54) is 11.3 Å². The molecule has 0 amide bonds. The zero-order chi connectivity index (χ0) is 26.6. The van der Waals surface area contributed by atoms with E-state index in [1.54, 1.807) is 18.4 Å². The van der Waals surface area contributed by atoms with Crippen LogP contribution >= 0.6 is 34.3 Å². The lowest BCUT2D eigenvalue weighted by atomic mass is 10.2. The van der Waals surface area contributed by atoms with Crippen molar-refractivity contribution in [3.63, 3.8) is 0 Å². The molecular formula is C30H22ClN5OS2. The van der Waals surface area contributed by atoms with Crippen molar-refractivity contribution in [1.29, 1.82) is 0 Å². The molecule has 0 N–H and O–H groups in total. The minimum atomic E-state index is 0.682. The number of ether oxygens (including phenoxy) is 1. The second-order valence-electron chi connectivity index (χ2n) is 8.47. The predicted octanol–water partition coefficient (Wildman–Crippen LogP) is 7.91. The van der Waals surface area contributed by atoms with Gasteiger partial charge in [-0.25, -0.2) is 14.4 Å². The van der Waals surface area contributed by atoms with Crippen molar-refractivity contribution in [3.8, 4) is 33.3 Å². The largest absolute Gasteiger partial charge is 0.497 e. The van der Waals surface area contributed by atoms with Crippen LogP contribution in [0.3, 0.4) is 0 Å². The van der Waals surface area contributed by atoms with Crippen molar-refractivity contribution in [3.05, 3.63) is 123 Å². The van der Waals surface area contributed by atoms with Crippen LogP contribution < -0.4 is 9.54 Å². The van der Waals surface area contributed by atoms with E-state index >= 15 is 0 Å². The topological polar surface area (TPSA) is 56.7 Å². The number of hydrogen-bond donors (Lipinski definition) is 0. The monoisotopic (exact) mass is 567 g/mol. The average Bonchev–Trinajstić information content (AvgIpc) is 3.74. The lowest BCUT2D eigenvalue weighted by molar-refractivity contribution is 0.415. The van der Waals surface area contributed by atoms with Gasteiger partial charge in [-0.05, 0) is 60.0 Å². The third-order valence-electron chi connectivity index (χ3n) is 5.95. The summed E-state index contributed by atoms with van der Waals surface area (Å²) in [6, 6.07) is 29.5. The molecule has 0 fully saturated rings. The fourth-order valence-corrected chi connectivity index (χ4v) is 5.71. The van der Waals surface area contributed by atoms with Gasteiger partial charge in [0.05, 0.1) is 35.3 Å². The number of thiazole rings is 1. The van der Waals surface area contributed by atoms with Crippen molar-refractivity contribution in [1.82, 2.24) is 14.5 Å². The Hall–Kier alpha value is -4.24. The van der Waals surface area contributed by atoms with Gasteiger partial charge in [-0.3, -0.25) is 0 Å². The van der Waals surface area contributed by atoms with Gasteiger partial charge in [0.25, 0.3) is 0 Å². The van der Waals surface area contributed by atoms with Crippen LogP contribution in [-0.2, 0) is 0 Å². The van der Waals surface area contributed by atoms with E-state index in [2.05, 4.69) is 16.8 Å². The van der Waals surface area contributed by atoms with Crippen LogP contribution in [0, 0.1) is 0 Å². The lowest BCUT2D eigenvalue weighted by Gasteiger charge is -2.04. The van der Waals surface area contributed by atoms with E-state index in [9.17, 15) is 0 Å². The molecule has 0 aliphatic rings. The van der Waals surface area contributed by atoms with E-state index in [4.69, 9.17) is 31.5 Å². The average molecular weight is 568 g/mol. The Morgan fingerprint density at radius 2 is 1.69 bits per heavy atom. The molecule has 6 nitrogen and oxygen atoms in total. The Kier molecular flexibility index (Phi) is 7.23. The van der Waals surface area contributed by atoms with Crippen LogP contribution in [0.25, 0.3) is 27.5 Å². The SMILES string of the molecule is COc1ccc(N=c2scc(-c3ccc(Cl)cc3)n2/N=C\c2cn(-c3ccccc3)nc2-c2cccs2)cc1. The number of benzene rings is 3. The predicted molar refractivity (Wildman–Crippen MR) is 161 cm³/mol. The number of halogens is 1. The molecule has 0 atom stereocenters. The van der Waals surface area contributed by atoms with Crippen molar-refractivity contribution in [2.45, 2.75) is 0 Å². The van der Waals surface area contributed by atoms with E-state index in [1.807, 2.05) is 107 Å².